The Labute approximate surface area is 146 Å². The van der Waals surface area contributed by atoms with Gasteiger partial charge in [-0.2, -0.15) is 0 Å². The minimum absolute atomic E-state index is 0.131. The number of rotatable bonds is 4. The van der Waals surface area contributed by atoms with Crippen LogP contribution in [-0.2, 0) is 17.8 Å². The molecule has 2 aromatic rings. The molecule has 1 aromatic carbocycles. The van der Waals surface area contributed by atoms with Gasteiger partial charge >= 0.3 is 0 Å². The van der Waals surface area contributed by atoms with Gasteiger partial charge < -0.3 is 14.6 Å². The Morgan fingerprint density at radius 3 is 2.92 bits per heavy atom. The minimum Gasteiger partial charge on any atom is -0.467 e. The maximum atomic E-state index is 12.1. The van der Waals surface area contributed by atoms with E-state index in [9.17, 15) is 4.79 Å². The highest BCUT2D eigenvalue weighted by Gasteiger charge is 2.18. The second kappa shape index (κ2) is 7.83. The zero-order chi connectivity index (χ0) is 16.8. The predicted octanol–water partition coefficient (Wildman–Crippen LogP) is 1.73. The van der Waals surface area contributed by atoms with Gasteiger partial charge in [0.1, 0.15) is 5.76 Å². The van der Waals surface area contributed by atoms with Crippen molar-refractivity contribution in [3.8, 4) is 0 Å². The third-order valence-corrected chi connectivity index (χ3v) is 4.11. The molecule has 0 saturated heterocycles. The standard InChI is InChI=1S/C17H20N4O2S/c22-16(19-20-17(24)18-11-14-7-4-10-23-14)12-21-9-3-6-13-5-1-2-8-15(13)21/h1-2,4-5,7-8,10H,3,6,9,11-12H2,(H,19,22)(H2,18,20,24). The van der Waals surface area contributed by atoms with Crippen molar-refractivity contribution in [1.29, 1.82) is 0 Å². The second-order valence-corrected chi connectivity index (χ2v) is 6.00. The van der Waals surface area contributed by atoms with Crippen molar-refractivity contribution in [2.45, 2.75) is 19.4 Å². The molecule has 0 fully saturated rings. The number of carbonyl (C=O) groups excluding carboxylic acids is 1. The molecule has 0 spiro atoms. The third-order valence-electron chi connectivity index (χ3n) is 3.86. The number of benzene rings is 1. The number of nitrogens with one attached hydrogen (secondary N) is 3. The number of furan rings is 1. The van der Waals surface area contributed by atoms with Crippen LogP contribution in [0.3, 0.4) is 0 Å². The molecular formula is C17H20N4O2S. The fraction of sp³-hybridized carbons (Fsp3) is 0.294. The van der Waals surface area contributed by atoms with E-state index < -0.39 is 0 Å². The number of para-hydroxylation sites is 1. The van der Waals surface area contributed by atoms with E-state index in [-0.39, 0.29) is 5.91 Å². The number of aryl methyl sites for hydroxylation is 1. The van der Waals surface area contributed by atoms with Crippen LogP contribution in [0.25, 0.3) is 0 Å². The second-order valence-electron chi connectivity index (χ2n) is 5.59. The summed E-state index contributed by atoms with van der Waals surface area (Å²) in [6.07, 6.45) is 3.72. The molecule has 1 amide bonds. The highest BCUT2D eigenvalue weighted by Crippen LogP contribution is 2.26. The summed E-state index contributed by atoms with van der Waals surface area (Å²) in [5.74, 6) is 0.643. The topological polar surface area (TPSA) is 69.5 Å². The molecule has 3 rings (SSSR count). The van der Waals surface area contributed by atoms with E-state index in [2.05, 4.69) is 33.2 Å². The molecule has 1 aliphatic rings. The lowest BCUT2D eigenvalue weighted by Gasteiger charge is -2.30. The molecule has 2 heterocycles. The van der Waals surface area contributed by atoms with Gasteiger partial charge in [0.25, 0.3) is 5.91 Å². The van der Waals surface area contributed by atoms with Crippen LogP contribution in [0.15, 0.2) is 47.1 Å². The first-order valence-electron chi connectivity index (χ1n) is 7.90. The van der Waals surface area contributed by atoms with E-state index in [0.29, 0.717) is 18.2 Å². The summed E-state index contributed by atoms with van der Waals surface area (Å²) in [6.45, 7) is 1.64. The van der Waals surface area contributed by atoms with Gasteiger partial charge in [0.05, 0.1) is 19.4 Å². The molecule has 0 atom stereocenters. The summed E-state index contributed by atoms with van der Waals surface area (Å²) in [4.78, 5) is 14.2. The van der Waals surface area contributed by atoms with Gasteiger partial charge in [-0.25, -0.2) is 0 Å². The summed E-state index contributed by atoms with van der Waals surface area (Å²) >= 11 is 5.12. The van der Waals surface area contributed by atoms with E-state index in [1.807, 2.05) is 24.3 Å². The van der Waals surface area contributed by atoms with Crippen LogP contribution < -0.4 is 21.1 Å². The van der Waals surface area contributed by atoms with E-state index in [0.717, 1.165) is 30.8 Å². The number of nitrogens with zero attached hydrogens (tertiary/aromatic N) is 1. The van der Waals surface area contributed by atoms with Crippen molar-refractivity contribution >= 4 is 28.9 Å². The van der Waals surface area contributed by atoms with Crippen LogP contribution >= 0.6 is 12.2 Å². The molecule has 0 unspecified atom stereocenters. The average molecular weight is 344 g/mol. The number of hydrogen-bond acceptors (Lipinski definition) is 4. The highest BCUT2D eigenvalue weighted by molar-refractivity contribution is 7.80. The van der Waals surface area contributed by atoms with Crippen LogP contribution in [0.4, 0.5) is 5.69 Å². The number of thiocarbonyl (C=S) groups is 1. The van der Waals surface area contributed by atoms with Crippen molar-refractivity contribution < 1.29 is 9.21 Å². The molecule has 0 radical (unpaired) electrons. The zero-order valence-corrected chi connectivity index (χ0v) is 14.1. The number of hydrazine groups is 1. The lowest BCUT2D eigenvalue weighted by molar-refractivity contribution is -0.120. The number of fused-ring (bicyclic) bond motifs is 1. The Morgan fingerprint density at radius 2 is 2.08 bits per heavy atom. The maximum absolute atomic E-state index is 12.1. The first-order chi connectivity index (χ1) is 11.7. The Balaban J connectivity index is 1.44. The van der Waals surface area contributed by atoms with E-state index in [1.54, 1.807) is 6.26 Å². The van der Waals surface area contributed by atoms with Crippen molar-refractivity contribution in [1.82, 2.24) is 16.2 Å². The van der Waals surface area contributed by atoms with Crippen LogP contribution in [0.5, 0.6) is 0 Å². The maximum Gasteiger partial charge on any atom is 0.257 e. The lowest BCUT2D eigenvalue weighted by atomic mass is 10.0. The molecule has 1 aliphatic heterocycles. The SMILES string of the molecule is O=C(CN1CCCc2ccccc21)NNC(=S)NCc1ccco1. The highest BCUT2D eigenvalue weighted by atomic mass is 32.1. The number of carbonyl (C=O) groups is 1. The number of amides is 1. The van der Waals surface area contributed by atoms with Crippen molar-refractivity contribution in [2.24, 2.45) is 0 Å². The number of hydrogen-bond donors (Lipinski definition) is 3. The molecule has 7 heteroatoms. The van der Waals surface area contributed by atoms with Gasteiger partial charge in [-0.05, 0) is 48.8 Å². The smallest absolute Gasteiger partial charge is 0.257 e. The van der Waals surface area contributed by atoms with E-state index in [1.165, 1.54) is 5.56 Å². The largest absolute Gasteiger partial charge is 0.467 e. The molecule has 1 aromatic heterocycles. The summed E-state index contributed by atoms with van der Waals surface area (Å²) in [5.41, 5.74) is 7.76. The fourth-order valence-electron chi connectivity index (χ4n) is 2.74. The van der Waals surface area contributed by atoms with Crippen LogP contribution in [0.2, 0.25) is 0 Å². The quantitative estimate of drug-likeness (QED) is 0.580. The summed E-state index contributed by atoms with van der Waals surface area (Å²) in [7, 11) is 0. The van der Waals surface area contributed by atoms with Gasteiger partial charge in [-0.15, -0.1) is 0 Å². The Bertz CT molecular complexity index is 702. The Hall–Kier alpha value is -2.54. The molecule has 24 heavy (non-hydrogen) atoms. The molecule has 3 N–H and O–H groups in total. The molecular weight excluding hydrogens is 324 g/mol. The predicted molar refractivity (Wildman–Crippen MR) is 96.4 cm³/mol. The fourth-order valence-corrected chi connectivity index (χ4v) is 2.86. The van der Waals surface area contributed by atoms with Gasteiger partial charge in [0.2, 0.25) is 0 Å². The van der Waals surface area contributed by atoms with Crippen molar-refractivity contribution in [2.75, 3.05) is 18.0 Å². The van der Waals surface area contributed by atoms with Gasteiger partial charge in [0, 0.05) is 12.2 Å². The van der Waals surface area contributed by atoms with Crippen molar-refractivity contribution in [3.63, 3.8) is 0 Å². The van der Waals surface area contributed by atoms with Crippen molar-refractivity contribution in [3.05, 3.63) is 54.0 Å². The molecule has 0 saturated carbocycles. The molecule has 0 bridgehead atoms. The Kier molecular flexibility index (Phi) is 5.32. The van der Waals surface area contributed by atoms with Crippen LogP contribution in [0.1, 0.15) is 17.7 Å². The molecule has 0 aliphatic carbocycles. The van der Waals surface area contributed by atoms with Gasteiger partial charge in [-0.1, -0.05) is 18.2 Å². The Morgan fingerprint density at radius 1 is 1.21 bits per heavy atom. The lowest BCUT2D eigenvalue weighted by Crippen LogP contribution is -2.50. The summed E-state index contributed by atoms with van der Waals surface area (Å²) in [5, 5.41) is 3.30. The van der Waals surface area contributed by atoms with E-state index in [4.69, 9.17) is 16.6 Å². The van der Waals surface area contributed by atoms with E-state index >= 15 is 0 Å². The summed E-state index contributed by atoms with van der Waals surface area (Å²) in [6, 6.07) is 11.9. The normalized spacial score (nSPS) is 13.1. The third kappa shape index (κ3) is 4.26. The minimum atomic E-state index is -0.131. The monoisotopic (exact) mass is 344 g/mol. The first-order valence-corrected chi connectivity index (χ1v) is 8.31. The van der Waals surface area contributed by atoms with Gasteiger partial charge in [0.15, 0.2) is 5.11 Å². The average Bonchev–Trinajstić information content (AvgIpc) is 3.12. The van der Waals surface area contributed by atoms with Gasteiger partial charge in [-0.3, -0.25) is 15.6 Å². The first kappa shape index (κ1) is 16.3. The zero-order valence-electron chi connectivity index (χ0n) is 13.2. The molecule has 126 valence electrons. The summed E-state index contributed by atoms with van der Waals surface area (Å²) < 4.78 is 5.20. The van der Waals surface area contributed by atoms with Crippen LogP contribution in [0, 0.1) is 0 Å². The molecule has 6 nitrogen and oxygen atoms in total. The van der Waals surface area contributed by atoms with Crippen LogP contribution in [-0.4, -0.2) is 24.1 Å². The number of anilines is 1.